The number of rotatable bonds is 1. The molecule has 0 unspecified atom stereocenters. The fraction of sp³-hybridized carbons (Fsp3) is 0.455. The van der Waals surface area contributed by atoms with E-state index >= 15 is 0 Å². The van der Waals surface area contributed by atoms with Crippen LogP contribution in [-0.2, 0) is 9.59 Å². The Kier molecular flexibility index (Phi) is 2.44. The molecule has 2 aliphatic carbocycles. The van der Waals surface area contributed by atoms with Crippen molar-refractivity contribution in [3.63, 3.8) is 0 Å². The van der Waals surface area contributed by atoms with Crippen LogP contribution in [0, 0.1) is 17.8 Å². The van der Waals surface area contributed by atoms with Crippen molar-refractivity contribution in [2.75, 3.05) is 0 Å². The molecule has 0 aromatic carbocycles. The SMILES string of the molecule is O=C1C=C[C@@H](O)[C@@H]2CC=C[C@H](C(=O)O)[C@H]12. The summed E-state index contributed by atoms with van der Waals surface area (Å²) in [6.45, 7) is 0. The zero-order chi connectivity index (χ0) is 11.0. The molecule has 0 saturated carbocycles. The fourth-order valence-electron chi connectivity index (χ4n) is 2.34. The first kappa shape index (κ1) is 10.1. The predicted octanol–water partition coefficient (Wildman–Crippen LogP) is 0.379. The molecule has 0 aliphatic heterocycles. The molecule has 2 aliphatic rings. The first-order chi connectivity index (χ1) is 7.11. The van der Waals surface area contributed by atoms with E-state index in [4.69, 9.17) is 5.11 Å². The van der Waals surface area contributed by atoms with E-state index < -0.39 is 23.9 Å². The van der Waals surface area contributed by atoms with E-state index in [-0.39, 0.29) is 11.7 Å². The van der Waals surface area contributed by atoms with Gasteiger partial charge in [0, 0.05) is 11.8 Å². The maximum Gasteiger partial charge on any atom is 0.311 e. The standard InChI is InChI=1S/C11H12O4/c12-8-4-5-9(13)10-6(8)2-1-3-7(10)11(14)15/h1,3-8,10,12H,2H2,(H,14,15)/t6-,7-,8+,10+/m0/s1. The minimum atomic E-state index is -1.00. The Bertz CT molecular complexity index is 356. The molecule has 0 amide bonds. The van der Waals surface area contributed by atoms with Gasteiger partial charge in [0.15, 0.2) is 5.78 Å². The Hall–Kier alpha value is -1.42. The van der Waals surface area contributed by atoms with Gasteiger partial charge < -0.3 is 10.2 Å². The van der Waals surface area contributed by atoms with Gasteiger partial charge in [-0.05, 0) is 12.5 Å². The van der Waals surface area contributed by atoms with Gasteiger partial charge in [-0.25, -0.2) is 0 Å². The molecule has 2 rings (SSSR count). The van der Waals surface area contributed by atoms with Gasteiger partial charge in [0.2, 0.25) is 0 Å². The van der Waals surface area contributed by atoms with Crippen LogP contribution in [-0.4, -0.2) is 28.1 Å². The first-order valence-electron chi connectivity index (χ1n) is 4.91. The van der Waals surface area contributed by atoms with Crippen LogP contribution in [0.2, 0.25) is 0 Å². The summed E-state index contributed by atoms with van der Waals surface area (Å²) in [7, 11) is 0. The number of carboxylic acid groups (broad SMARTS) is 1. The average molecular weight is 208 g/mol. The van der Waals surface area contributed by atoms with Crippen molar-refractivity contribution in [3.8, 4) is 0 Å². The van der Waals surface area contributed by atoms with Crippen LogP contribution < -0.4 is 0 Å². The lowest BCUT2D eigenvalue weighted by molar-refractivity contribution is -0.146. The topological polar surface area (TPSA) is 74.6 Å². The Morgan fingerprint density at radius 3 is 2.80 bits per heavy atom. The van der Waals surface area contributed by atoms with E-state index in [9.17, 15) is 14.7 Å². The number of aliphatic carboxylic acids is 1. The number of aliphatic hydroxyl groups is 1. The van der Waals surface area contributed by atoms with E-state index in [0.717, 1.165) is 0 Å². The summed E-state index contributed by atoms with van der Waals surface area (Å²) in [4.78, 5) is 22.5. The summed E-state index contributed by atoms with van der Waals surface area (Å²) in [5.74, 6) is -2.88. The molecule has 4 atom stereocenters. The summed E-state index contributed by atoms with van der Waals surface area (Å²) in [6, 6.07) is 0. The van der Waals surface area contributed by atoms with Crippen LogP contribution in [0.15, 0.2) is 24.3 Å². The van der Waals surface area contributed by atoms with Gasteiger partial charge in [-0.1, -0.05) is 18.2 Å². The summed E-state index contributed by atoms with van der Waals surface area (Å²) < 4.78 is 0. The molecule has 2 N–H and O–H groups in total. The molecule has 0 radical (unpaired) electrons. The molecule has 4 heteroatoms. The minimum absolute atomic E-state index is 0.193. The third kappa shape index (κ3) is 1.61. The van der Waals surface area contributed by atoms with Gasteiger partial charge >= 0.3 is 5.97 Å². The second kappa shape index (κ2) is 3.62. The number of hydrogen-bond acceptors (Lipinski definition) is 3. The van der Waals surface area contributed by atoms with Crippen molar-refractivity contribution in [2.24, 2.45) is 17.8 Å². The molecule has 0 bridgehead atoms. The number of carboxylic acids is 1. The lowest BCUT2D eigenvalue weighted by atomic mass is 9.69. The Balaban J connectivity index is 2.36. The summed E-state index contributed by atoms with van der Waals surface area (Å²) >= 11 is 0. The molecule has 0 fully saturated rings. The molecule has 80 valence electrons. The van der Waals surface area contributed by atoms with Gasteiger partial charge in [0.25, 0.3) is 0 Å². The molecule has 0 heterocycles. The number of fused-ring (bicyclic) bond motifs is 1. The van der Waals surface area contributed by atoms with Crippen molar-refractivity contribution in [2.45, 2.75) is 12.5 Å². The second-order valence-corrected chi connectivity index (χ2v) is 3.97. The highest BCUT2D eigenvalue weighted by molar-refractivity contribution is 5.96. The third-order valence-corrected chi connectivity index (χ3v) is 3.11. The Labute approximate surface area is 86.9 Å². The summed E-state index contributed by atoms with van der Waals surface area (Å²) in [6.07, 6.45) is 5.87. The zero-order valence-electron chi connectivity index (χ0n) is 8.04. The van der Waals surface area contributed by atoms with Gasteiger partial charge in [0.05, 0.1) is 12.0 Å². The smallest absolute Gasteiger partial charge is 0.311 e. The molecule has 0 saturated heterocycles. The lowest BCUT2D eigenvalue weighted by Gasteiger charge is -2.35. The van der Waals surface area contributed by atoms with Crippen LogP contribution in [0.4, 0.5) is 0 Å². The summed E-state index contributed by atoms with van der Waals surface area (Å²) in [5.41, 5.74) is 0. The van der Waals surface area contributed by atoms with Crippen molar-refractivity contribution in [1.29, 1.82) is 0 Å². The van der Waals surface area contributed by atoms with Gasteiger partial charge in [-0.3, -0.25) is 9.59 Å². The molecule has 0 spiro atoms. The van der Waals surface area contributed by atoms with Crippen LogP contribution >= 0.6 is 0 Å². The molecular formula is C11H12O4. The highest BCUT2D eigenvalue weighted by Crippen LogP contribution is 2.36. The average Bonchev–Trinajstić information content (AvgIpc) is 2.23. The normalized spacial score (nSPS) is 38.9. The van der Waals surface area contributed by atoms with Crippen molar-refractivity contribution >= 4 is 11.8 Å². The quantitative estimate of drug-likeness (QED) is 0.611. The minimum Gasteiger partial charge on any atom is -0.481 e. The Morgan fingerprint density at radius 1 is 1.40 bits per heavy atom. The molecule has 15 heavy (non-hydrogen) atoms. The maximum absolute atomic E-state index is 11.6. The molecule has 0 aromatic rings. The number of allylic oxidation sites excluding steroid dienone is 2. The number of hydrogen-bond donors (Lipinski definition) is 2. The molecular weight excluding hydrogens is 196 g/mol. The van der Waals surface area contributed by atoms with Crippen molar-refractivity contribution in [1.82, 2.24) is 0 Å². The second-order valence-electron chi connectivity index (χ2n) is 3.97. The lowest BCUT2D eigenvalue weighted by Crippen LogP contribution is -2.42. The number of carbonyl (C=O) groups is 2. The van der Waals surface area contributed by atoms with Crippen LogP contribution in [0.5, 0.6) is 0 Å². The highest BCUT2D eigenvalue weighted by Gasteiger charge is 2.43. The van der Waals surface area contributed by atoms with Gasteiger partial charge in [0.1, 0.15) is 0 Å². The maximum atomic E-state index is 11.6. The summed E-state index contributed by atoms with van der Waals surface area (Å²) in [5, 5.41) is 18.6. The van der Waals surface area contributed by atoms with Crippen molar-refractivity contribution < 1.29 is 19.8 Å². The number of aliphatic hydroxyl groups excluding tert-OH is 1. The Morgan fingerprint density at radius 2 is 2.13 bits per heavy atom. The van der Waals surface area contributed by atoms with E-state index in [2.05, 4.69) is 0 Å². The fourth-order valence-corrected chi connectivity index (χ4v) is 2.34. The molecule has 0 aromatic heterocycles. The zero-order valence-corrected chi connectivity index (χ0v) is 8.04. The monoisotopic (exact) mass is 208 g/mol. The largest absolute Gasteiger partial charge is 0.481 e. The van der Waals surface area contributed by atoms with Crippen molar-refractivity contribution in [3.05, 3.63) is 24.3 Å². The first-order valence-corrected chi connectivity index (χ1v) is 4.91. The highest BCUT2D eigenvalue weighted by atomic mass is 16.4. The predicted molar refractivity (Wildman–Crippen MR) is 52.0 cm³/mol. The van der Waals surface area contributed by atoms with E-state index in [1.54, 1.807) is 12.2 Å². The van der Waals surface area contributed by atoms with Crippen LogP contribution in [0.1, 0.15) is 6.42 Å². The number of ketones is 1. The van der Waals surface area contributed by atoms with E-state index in [1.165, 1.54) is 12.2 Å². The van der Waals surface area contributed by atoms with E-state index in [1.807, 2.05) is 0 Å². The van der Waals surface area contributed by atoms with Gasteiger partial charge in [-0.2, -0.15) is 0 Å². The van der Waals surface area contributed by atoms with Crippen LogP contribution in [0.3, 0.4) is 0 Å². The van der Waals surface area contributed by atoms with E-state index in [0.29, 0.717) is 6.42 Å². The van der Waals surface area contributed by atoms with Gasteiger partial charge in [-0.15, -0.1) is 0 Å². The van der Waals surface area contributed by atoms with Crippen LogP contribution in [0.25, 0.3) is 0 Å². The third-order valence-electron chi connectivity index (χ3n) is 3.11. The number of carbonyl (C=O) groups excluding carboxylic acids is 1. The molecule has 4 nitrogen and oxygen atoms in total.